The molecule has 0 radical (unpaired) electrons. The summed E-state index contributed by atoms with van der Waals surface area (Å²) in [4.78, 5) is 5.30. The van der Waals surface area contributed by atoms with Crippen LogP contribution in [0.4, 0.5) is 0 Å². The van der Waals surface area contributed by atoms with Gasteiger partial charge in [0.2, 0.25) is 0 Å². The number of hydrogen-bond acceptors (Lipinski definition) is 3. The van der Waals surface area contributed by atoms with Gasteiger partial charge in [-0.25, -0.2) is 4.99 Å². The number of rotatable bonds is 5. The minimum absolute atomic E-state index is 0.111. The molecule has 2 unspecified atom stereocenters. The van der Waals surface area contributed by atoms with E-state index in [9.17, 15) is 0 Å². The predicted molar refractivity (Wildman–Crippen MR) is 255 cm³/mol. The summed E-state index contributed by atoms with van der Waals surface area (Å²) in [6.45, 7) is 4.77. The van der Waals surface area contributed by atoms with Crippen molar-refractivity contribution in [1.29, 1.82) is 0 Å². The van der Waals surface area contributed by atoms with Gasteiger partial charge in [0.25, 0.3) is 0 Å². The number of nitrogens with one attached hydrogen (secondary N) is 2. The van der Waals surface area contributed by atoms with E-state index in [-0.39, 0.29) is 17.7 Å². The SMILES string of the molecule is CC1(C)c2ccccc2C2(c3ccccc3-c3cc(-c4c(-c5cccc(C6N=C(c7ccccc7)NC(c7ccccc7)N6)c5)ccc5ccccc45)ccc32)c2ccccc21. The topological polar surface area (TPSA) is 36.4 Å². The molecule has 62 heavy (non-hydrogen) atoms. The maximum absolute atomic E-state index is 5.30. The van der Waals surface area contributed by atoms with Crippen LogP contribution in [0.25, 0.3) is 44.2 Å². The van der Waals surface area contributed by atoms with Crippen molar-refractivity contribution in [2.24, 2.45) is 4.99 Å². The third-order valence-electron chi connectivity index (χ3n) is 13.8. The van der Waals surface area contributed by atoms with E-state index in [1.165, 1.54) is 72.0 Å². The summed E-state index contributed by atoms with van der Waals surface area (Å²) in [6.07, 6.45) is -0.375. The molecule has 1 spiro atoms. The molecule has 2 N–H and O–H groups in total. The van der Waals surface area contributed by atoms with E-state index < -0.39 is 5.41 Å². The highest BCUT2D eigenvalue weighted by Crippen LogP contribution is 2.62. The number of amidine groups is 1. The molecule has 0 fully saturated rings. The average Bonchev–Trinajstić information content (AvgIpc) is 3.63. The van der Waals surface area contributed by atoms with Crippen LogP contribution in [0.15, 0.2) is 217 Å². The molecule has 3 nitrogen and oxygen atoms in total. The molecule has 2 atom stereocenters. The van der Waals surface area contributed by atoms with Crippen LogP contribution in [0.2, 0.25) is 0 Å². The third kappa shape index (κ3) is 5.45. The molecule has 9 aromatic rings. The Hall–Kier alpha value is -7.33. The molecule has 1 aliphatic heterocycles. The van der Waals surface area contributed by atoms with E-state index in [0.29, 0.717) is 0 Å². The quantitative estimate of drug-likeness (QED) is 0.182. The molecule has 9 aromatic carbocycles. The second-order valence-electron chi connectivity index (χ2n) is 17.5. The van der Waals surface area contributed by atoms with Crippen LogP contribution in [0, 0.1) is 0 Å². The van der Waals surface area contributed by atoms with Crippen molar-refractivity contribution >= 4 is 16.6 Å². The fourth-order valence-corrected chi connectivity index (χ4v) is 11.0. The largest absolute Gasteiger partial charge is 0.350 e. The first-order valence-corrected chi connectivity index (χ1v) is 21.8. The van der Waals surface area contributed by atoms with Crippen LogP contribution >= 0.6 is 0 Å². The zero-order valence-corrected chi connectivity index (χ0v) is 34.8. The van der Waals surface area contributed by atoms with Crippen molar-refractivity contribution in [1.82, 2.24) is 10.6 Å². The molecule has 2 aliphatic carbocycles. The van der Waals surface area contributed by atoms with E-state index in [4.69, 9.17) is 4.99 Å². The van der Waals surface area contributed by atoms with E-state index in [1.54, 1.807) is 0 Å². The number of nitrogens with zero attached hydrogens (tertiary/aromatic N) is 1. The van der Waals surface area contributed by atoms with Crippen LogP contribution in [0.3, 0.4) is 0 Å². The lowest BCUT2D eigenvalue weighted by molar-refractivity contribution is 0.409. The van der Waals surface area contributed by atoms with Gasteiger partial charge in [-0.2, -0.15) is 0 Å². The Morgan fingerprint density at radius 2 is 1.02 bits per heavy atom. The van der Waals surface area contributed by atoms with E-state index in [0.717, 1.165) is 28.1 Å². The molecule has 1 heterocycles. The summed E-state index contributed by atoms with van der Waals surface area (Å²) in [7, 11) is 0. The molecule has 0 saturated carbocycles. The highest BCUT2D eigenvalue weighted by Gasteiger charge is 2.53. The molecule has 0 saturated heterocycles. The van der Waals surface area contributed by atoms with Gasteiger partial charge in [-0.1, -0.05) is 214 Å². The van der Waals surface area contributed by atoms with Gasteiger partial charge in [0, 0.05) is 11.0 Å². The van der Waals surface area contributed by atoms with E-state index >= 15 is 0 Å². The van der Waals surface area contributed by atoms with Crippen LogP contribution < -0.4 is 10.6 Å². The van der Waals surface area contributed by atoms with Crippen LogP contribution in [-0.2, 0) is 10.8 Å². The average molecular weight is 796 g/mol. The van der Waals surface area contributed by atoms with Crippen LogP contribution in [-0.4, -0.2) is 5.84 Å². The summed E-state index contributed by atoms with van der Waals surface area (Å²) < 4.78 is 0. The molecular weight excluding hydrogens is 751 g/mol. The molecule has 296 valence electrons. The minimum atomic E-state index is -0.429. The standard InChI is InChI=1S/C59H45N3/c1-58(2)50-28-13-15-30-52(50)59(53-31-16-14-29-51(53)58)48-27-12-11-26-46(48)47-37-42(33-35-49(47)59)54-44-25-10-9-18-38(44)32-34-45(54)41-23-17-24-43(36-41)57-61-55(39-19-5-3-6-20-39)60-56(62-57)40-21-7-4-8-22-40/h3-37,55,57,61H,1-2H3,(H,60,62). The monoisotopic (exact) mass is 795 g/mol. The van der Waals surface area contributed by atoms with Gasteiger partial charge in [0.15, 0.2) is 0 Å². The number of benzene rings is 9. The lowest BCUT2D eigenvalue weighted by Gasteiger charge is -2.46. The third-order valence-corrected chi connectivity index (χ3v) is 13.8. The smallest absolute Gasteiger partial charge is 0.131 e. The molecule has 0 bridgehead atoms. The van der Waals surface area contributed by atoms with Crippen molar-refractivity contribution in [3.05, 3.63) is 262 Å². The van der Waals surface area contributed by atoms with Gasteiger partial charge in [-0.05, 0) is 101 Å². The van der Waals surface area contributed by atoms with Gasteiger partial charge in [0.05, 0.1) is 5.41 Å². The van der Waals surface area contributed by atoms with Gasteiger partial charge >= 0.3 is 0 Å². The van der Waals surface area contributed by atoms with Crippen LogP contribution in [0.1, 0.15) is 76.3 Å². The summed E-state index contributed by atoms with van der Waals surface area (Å²) >= 11 is 0. The Morgan fingerprint density at radius 1 is 0.419 bits per heavy atom. The van der Waals surface area contributed by atoms with Crippen LogP contribution in [0.5, 0.6) is 0 Å². The first kappa shape index (κ1) is 36.5. The number of fused-ring (bicyclic) bond motifs is 10. The molecule has 12 rings (SSSR count). The molecule has 3 aliphatic rings. The fraction of sp³-hybridized carbons (Fsp3) is 0.102. The highest BCUT2D eigenvalue weighted by molar-refractivity contribution is 6.05. The predicted octanol–water partition coefficient (Wildman–Crippen LogP) is 13.5. The first-order chi connectivity index (χ1) is 30.5. The molecule has 3 heteroatoms. The number of aliphatic imine (C=N–C) groups is 1. The summed E-state index contributed by atoms with van der Waals surface area (Å²) in [5.74, 6) is 0.878. The lowest BCUT2D eigenvalue weighted by Crippen LogP contribution is -2.44. The lowest BCUT2D eigenvalue weighted by atomic mass is 9.55. The van der Waals surface area contributed by atoms with Crippen molar-refractivity contribution in [3.63, 3.8) is 0 Å². The zero-order chi connectivity index (χ0) is 41.4. The summed E-state index contributed by atoms with van der Waals surface area (Å²) in [5, 5.41) is 9.97. The Labute approximate surface area is 363 Å². The Kier molecular flexibility index (Phi) is 8.32. The highest BCUT2D eigenvalue weighted by atomic mass is 15.3. The zero-order valence-electron chi connectivity index (χ0n) is 34.8. The van der Waals surface area contributed by atoms with E-state index in [1.807, 2.05) is 6.07 Å². The van der Waals surface area contributed by atoms with Gasteiger partial charge in [-0.3, -0.25) is 5.32 Å². The molecular formula is C59H45N3. The summed E-state index contributed by atoms with van der Waals surface area (Å²) in [6, 6.07) is 78.2. The van der Waals surface area contributed by atoms with Crippen molar-refractivity contribution in [3.8, 4) is 33.4 Å². The fourth-order valence-electron chi connectivity index (χ4n) is 11.0. The van der Waals surface area contributed by atoms with Gasteiger partial charge in [0.1, 0.15) is 18.2 Å². The van der Waals surface area contributed by atoms with Gasteiger partial charge in [-0.15, -0.1) is 0 Å². The second-order valence-corrected chi connectivity index (χ2v) is 17.5. The normalized spacial score (nSPS) is 17.6. The second kappa shape index (κ2) is 14.1. The molecule has 0 amide bonds. The van der Waals surface area contributed by atoms with Crippen molar-refractivity contribution in [2.75, 3.05) is 0 Å². The summed E-state index contributed by atoms with van der Waals surface area (Å²) in [5.41, 5.74) is 18.4. The maximum atomic E-state index is 5.30. The Balaban J connectivity index is 1.04. The Morgan fingerprint density at radius 3 is 1.77 bits per heavy atom. The first-order valence-electron chi connectivity index (χ1n) is 21.8. The minimum Gasteiger partial charge on any atom is -0.350 e. The Bertz CT molecular complexity index is 3180. The maximum Gasteiger partial charge on any atom is 0.131 e. The van der Waals surface area contributed by atoms with Gasteiger partial charge < -0.3 is 5.32 Å². The molecule has 0 aromatic heterocycles. The van der Waals surface area contributed by atoms with Crippen molar-refractivity contribution < 1.29 is 0 Å². The van der Waals surface area contributed by atoms with E-state index in [2.05, 4.69) is 231 Å². The van der Waals surface area contributed by atoms with Crippen molar-refractivity contribution in [2.45, 2.75) is 37.0 Å². The number of hydrogen-bond donors (Lipinski definition) is 2.